The van der Waals surface area contributed by atoms with Gasteiger partial charge in [-0.05, 0) is 23.8 Å². The standard InChI is InChI=1S/C16H15ClN2O4S/c17-13-5-2-1-4-11(13)8-21-9-12(20)10-24-16-19-18-15(23-16)14-6-3-7-22-14/h1-7,12,20H,8-10H2/t12-/m0/s1. The van der Waals surface area contributed by atoms with Crippen molar-refractivity contribution in [3.8, 4) is 11.7 Å². The lowest BCUT2D eigenvalue weighted by molar-refractivity contribution is 0.0397. The largest absolute Gasteiger partial charge is 0.459 e. The summed E-state index contributed by atoms with van der Waals surface area (Å²) in [7, 11) is 0. The van der Waals surface area contributed by atoms with Crippen molar-refractivity contribution in [2.45, 2.75) is 17.9 Å². The van der Waals surface area contributed by atoms with Gasteiger partial charge in [-0.3, -0.25) is 0 Å². The number of halogens is 1. The van der Waals surface area contributed by atoms with Gasteiger partial charge in [0, 0.05) is 10.8 Å². The summed E-state index contributed by atoms with van der Waals surface area (Å²) in [5, 5.41) is 18.8. The molecule has 0 aliphatic heterocycles. The van der Waals surface area contributed by atoms with Crippen LogP contribution in [0.5, 0.6) is 0 Å². The predicted molar refractivity (Wildman–Crippen MR) is 89.8 cm³/mol. The molecule has 0 saturated carbocycles. The summed E-state index contributed by atoms with van der Waals surface area (Å²) in [6.45, 7) is 0.544. The van der Waals surface area contributed by atoms with E-state index in [1.165, 1.54) is 18.0 Å². The number of hydrogen-bond donors (Lipinski definition) is 1. The van der Waals surface area contributed by atoms with Crippen molar-refractivity contribution < 1.29 is 18.7 Å². The molecular weight excluding hydrogens is 352 g/mol. The number of benzene rings is 1. The van der Waals surface area contributed by atoms with E-state index in [0.717, 1.165) is 5.56 Å². The van der Waals surface area contributed by atoms with E-state index in [1.54, 1.807) is 18.2 Å². The molecule has 0 fully saturated rings. The minimum atomic E-state index is -0.656. The molecule has 1 atom stereocenters. The first-order valence-electron chi connectivity index (χ1n) is 7.22. The minimum Gasteiger partial charge on any atom is -0.459 e. The van der Waals surface area contributed by atoms with Gasteiger partial charge in [-0.15, -0.1) is 10.2 Å². The van der Waals surface area contributed by atoms with Gasteiger partial charge in [0.25, 0.3) is 11.1 Å². The van der Waals surface area contributed by atoms with Crippen molar-refractivity contribution >= 4 is 23.4 Å². The van der Waals surface area contributed by atoms with Crippen molar-refractivity contribution in [3.63, 3.8) is 0 Å². The molecule has 0 amide bonds. The average Bonchev–Trinajstić information content (AvgIpc) is 3.26. The van der Waals surface area contributed by atoms with E-state index in [1.807, 2.05) is 18.2 Å². The van der Waals surface area contributed by atoms with Crippen LogP contribution < -0.4 is 0 Å². The molecular formula is C16H15ClN2O4S. The molecule has 0 spiro atoms. The number of rotatable bonds is 8. The van der Waals surface area contributed by atoms with Crippen LogP contribution in [0.25, 0.3) is 11.7 Å². The lowest BCUT2D eigenvalue weighted by Gasteiger charge is -2.10. The summed E-state index contributed by atoms with van der Waals surface area (Å²) in [4.78, 5) is 0. The third-order valence-corrected chi connectivity index (χ3v) is 4.40. The molecule has 24 heavy (non-hydrogen) atoms. The Kier molecular flexibility index (Phi) is 5.92. The number of aliphatic hydroxyl groups excluding tert-OH is 1. The molecule has 3 rings (SSSR count). The highest BCUT2D eigenvalue weighted by Crippen LogP contribution is 2.24. The van der Waals surface area contributed by atoms with Gasteiger partial charge in [-0.2, -0.15) is 0 Å². The lowest BCUT2D eigenvalue weighted by Crippen LogP contribution is -2.18. The van der Waals surface area contributed by atoms with Gasteiger partial charge in [0.05, 0.1) is 25.6 Å². The van der Waals surface area contributed by atoms with Crippen LogP contribution in [0.3, 0.4) is 0 Å². The molecule has 6 nitrogen and oxygen atoms in total. The van der Waals surface area contributed by atoms with Crippen LogP contribution in [0.15, 0.2) is 56.7 Å². The van der Waals surface area contributed by atoms with Crippen LogP contribution in [0.4, 0.5) is 0 Å². The maximum absolute atomic E-state index is 9.96. The maximum atomic E-state index is 9.96. The summed E-state index contributed by atoms with van der Waals surface area (Å²) in [5.74, 6) is 1.20. The molecule has 0 saturated heterocycles. The zero-order valence-corrected chi connectivity index (χ0v) is 14.2. The minimum absolute atomic E-state index is 0.192. The van der Waals surface area contributed by atoms with Crippen molar-refractivity contribution in [3.05, 3.63) is 53.2 Å². The number of ether oxygens (including phenoxy) is 1. The quantitative estimate of drug-likeness (QED) is 0.609. The van der Waals surface area contributed by atoms with E-state index in [0.29, 0.717) is 34.3 Å². The zero-order valence-electron chi connectivity index (χ0n) is 12.6. The van der Waals surface area contributed by atoms with E-state index in [9.17, 15) is 5.11 Å². The van der Waals surface area contributed by atoms with Gasteiger partial charge >= 0.3 is 0 Å². The molecule has 2 heterocycles. The molecule has 1 aromatic carbocycles. The first kappa shape index (κ1) is 17.0. The van der Waals surface area contributed by atoms with Crippen molar-refractivity contribution in [1.29, 1.82) is 0 Å². The first-order valence-corrected chi connectivity index (χ1v) is 8.58. The van der Waals surface area contributed by atoms with Crippen LogP contribution in [0.2, 0.25) is 5.02 Å². The Labute approximate surface area is 147 Å². The van der Waals surface area contributed by atoms with Crippen LogP contribution in [0.1, 0.15) is 5.56 Å². The molecule has 0 unspecified atom stereocenters. The molecule has 126 valence electrons. The summed E-state index contributed by atoms with van der Waals surface area (Å²) >= 11 is 7.30. The number of thioether (sulfide) groups is 1. The van der Waals surface area contributed by atoms with E-state index >= 15 is 0 Å². The Balaban J connectivity index is 1.41. The van der Waals surface area contributed by atoms with Crippen LogP contribution in [-0.2, 0) is 11.3 Å². The van der Waals surface area contributed by atoms with Crippen molar-refractivity contribution in [2.24, 2.45) is 0 Å². The fourth-order valence-corrected chi connectivity index (χ4v) is 2.76. The highest BCUT2D eigenvalue weighted by Gasteiger charge is 2.13. The SMILES string of the molecule is O[C@@H](COCc1ccccc1Cl)CSc1nnc(-c2ccco2)o1. The van der Waals surface area contributed by atoms with Gasteiger partial charge in [0.2, 0.25) is 0 Å². The fraction of sp³-hybridized carbons (Fsp3) is 0.250. The van der Waals surface area contributed by atoms with Gasteiger partial charge < -0.3 is 18.7 Å². The highest BCUT2D eigenvalue weighted by atomic mass is 35.5. The van der Waals surface area contributed by atoms with Crippen LogP contribution in [-0.4, -0.2) is 33.8 Å². The molecule has 0 radical (unpaired) electrons. The Morgan fingerprint density at radius 2 is 2.08 bits per heavy atom. The van der Waals surface area contributed by atoms with E-state index in [2.05, 4.69) is 10.2 Å². The predicted octanol–water partition coefficient (Wildman–Crippen LogP) is 3.65. The van der Waals surface area contributed by atoms with Crippen molar-refractivity contribution in [2.75, 3.05) is 12.4 Å². The Morgan fingerprint density at radius 3 is 2.88 bits per heavy atom. The second-order valence-corrected chi connectivity index (χ2v) is 6.30. The number of furan rings is 1. The smallest absolute Gasteiger partial charge is 0.284 e. The third kappa shape index (κ3) is 4.61. The van der Waals surface area contributed by atoms with Crippen LogP contribution in [0, 0.1) is 0 Å². The first-order chi connectivity index (χ1) is 11.7. The molecule has 0 aliphatic carbocycles. The average molecular weight is 367 g/mol. The lowest BCUT2D eigenvalue weighted by atomic mass is 10.2. The summed E-state index contributed by atoms with van der Waals surface area (Å²) in [6, 6.07) is 10.9. The Morgan fingerprint density at radius 1 is 1.21 bits per heavy atom. The number of aromatic nitrogens is 2. The van der Waals surface area contributed by atoms with Gasteiger partial charge in [0.15, 0.2) is 5.76 Å². The summed E-state index contributed by atoms with van der Waals surface area (Å²) in [6.07, 6.45) is 0.878. The number of aliphatic hydroxyl groups is 1. The summed E-state index contributed by atoms with van der Waals surface area (Å²) < 4.78 is 16.1. The van der Waals surface area contributed by atoms with Gasteiger partial charge in [-0.1, -0.05) is 41.6 Å². The molecule has 2 aromatic heterocycles. The zero-order chi connectivity index (χ0) is 16.8. The second-order valence-electron chi connectivity index (χ2n) is 4.92. The van der Waals surface area contributed by atoms with E-state index < -0.39 is 6.10 Å². The molecule has 0 aliphatic rings. The maximum Gasteiger partial charge on any atom is 0.284 e. The molecule has 8 heteroatoms. The fourth-order valence-electron chi connectivity index (χ4n) is 1.90. The Bertz CT molecular complexity index is 763. The van der Waals surface area contributed by atoms with Gasteiger partial charge in [0.1, 0.15) is 0 Å². The van der Waals surface area contributed by atoms with Crippen molar-refractivity contribution in [1.82, 2.24) is 10.2 Å². The second kappa shape index (κ2) is 8.34. The van der Waals surface area contributed by atoms with Gasteiger partial charge in [-0.25, -0.2) is 0 Å². The Hall–Kier alpha value is -1.80. The van der Waals surface area contributed by atoms with E-state index in [-0.39, 0.29) is 6.61 Å². The highest BCUT2D eigenvalue weighted by molar-refractivity contribution is 7.99. The van der Waals surface area contributed by atoms with Crippen LogP contribution >= 0.6 is 23.4 Å². The number of nitrogens with zero attached hydrogens (tertiary/aromatic N) is 2. The third-order valence-electron chi connectivity index (χ3n) is 3.06. The normalized spacial score (nSPS) is 12.4. The molecule has 3 aromatic rings. The topological polar surface area (TPSA) is 81.5 Å². The molecule has 1 N–H and O–H groups in total. The monoisotopic (exact) mass is 366 g/mol. The van der Waals surface area contributed by atoms with E-state index in [4.69, 9.17) is 25.2 Å². The summed E-state index contributed by atoms with van der Waals surface area (Å²) in [5.41, 5.74) is 0.888. The number of hydrogen-bond acceptors (Lipinski definition) is 7. The molecule has 0 bridgehead atoms.